The maximum Gasteiger partial charge on any atom is 0.191 e. The van der Waals surface area contributed by atoms with Gasteiger partial charge in [-0.3, -0.25) is 0 Å². The van der Waals surface area contributed by atoms with E-state index in [4.69, 9.17) is 16.6 Å². The van der Waals surface area contributed by atoms with Crippen LogP contribution < -0.4 is 0 Å². The van der Waals surface area contributed by atoms with Gasteiger partial charge >= 0.3 is 0 Å². The van der Waals surface area contributed by atoms with E-state index < -0.39 is 0 Å². The van der Waals surface area contributed by atoms with Crippen molar-refractivity contribution in [2.24, 2.45) is 0 Å². The van der Waals surface area contributed by atoms with E-state index in [2.05, 4.69) is 10.2 Å². The second-order valence-corrected chi connectivity index (χ2v) is 8.18. The lowest BCUT2D eigenvalue weighted by atomic mass is 10.2. The number of hydrogen-bond acceptors (Lipinski definition) is 5. The summed E-state index contributed by atoms with van der Waals surface area (Å²) in [6.07, 6.45) is 0. The monoisotopic (exact) mass is 430 g/mol. The van der Waals surface area contributed by atoms with Crippen LogP contribution in [0.25, 0.3) is 22.0 Å². The van der Waals surface area contributed by atoms with Crippen LogP contribution in [0.3, 0.4) is 0 Å². The first-order valence-corrected chi connectivity index (χ1v) is 10.9. The van der Waals surface area contributed by atoms with Gasteiger partial charge in [-0.25, -0.2) is 9.37 Å². The molecule has 2 heterocycles. The summed E-state index contributed by atoms with van der Waals surface area (Å²) in [6, 6.07) is 14.0. The molecule has 0 saturated heterocycles. The molecule has 0 N–H and O–H groups in total. The van der Waals surface area contributed by atoms with Crippen LogP contribution in [0, 0.1) is 5.82 Å². The van der Waals surface area contributed by atoms with E-state index in [1.165, 1.54) is 12.1 Å². The van der Waals surface area contributed by atoms with Crippen LogP contribution in [-0.4, -0.2) is 19.7 Å². The van der Waals surface area contributed by atoms with E-state index in [-0.39, 0.29) is 5.82 Å². The largest absolute Gasteiger partial charge is 0.302 e. The quantitative estimate of drug-likeness (QED) is 0.343. The molecule has 2 aromatic heterocycles. The average Bonchev–Trinajstić information content (AvgIpc) is 3.34. The molecular weight excluding hydrogens is 415 g/mol. The molecule has 4 nitrogen and oxygen atoms in total. The van der Waals surface area contributed by atoms with Crippen molar-refractivity contribution in [1.82, 2.24) is 19.7 Å². The topological polar surface area (TPSA) is 43.6 Å². The van der Waals surface area contributed by atoms with Gasteiger partial charge in [-0.15, -0.1) is 21.5 Å². The van der Waals surface area contributed by atoms with Gasteiger partial charge < -0.3 is 4.57 Å². The Bertz CT molecular complexity index is 1090. The molecule has 0 saturated carbocycles. The van der Waals surface area contributed by atoms with Crippen LogP contribution >= 0.6 is 34.7 Å². The summed E-state index contributed by atoms with van der Waals surface area (Å²) >= 11 is 9.43. The highest BCUT2D eigenvalue weighted by Gasteiger charge is 2.14. The molecule has 0 aliphatic rings. The number of thiazole rings is 1. The van der Waals surface area contributed by atoms with Crippen molar-refractivity contribution in [3.8, 4) is 22.0 Å². The number of nitrogens with zero attached hydrogens (tertiary/aromatic N) is 4. The zero-order chi connectivity index (χ0) is 19.5. The molecule has 4 rings (SSSR count). The zero-order valence-corrected chi connectivity index (χ0v) is 17.4. The zero-order valence-electron chi connectivity index (χ0n) is 15.0. The third-order valence-electron chi connectivity index (χ3n) is 4.14. The van der Waals surface area contributed by atoms with Crippen LogP contribution in [-0.2, 0) is 12.3 Å². The molecular formula is C20H16ClFN4S2. The van der Waals surface area contributed by atoms with E-state index in [0.29, 0.717) is 10.8 Å². The van der Waals surface area contributed by atoms with Crippen molar-refractivity contribution in [1.29, 1.82) is 0 Å². The Balaban J connectivity index is 1.51. The Morgan fingerprint density at radius 3 is 2.64 bits per heavy atom. The molecule has 0 aliphatic heterocycles. The molecule has 0 atom stereocenters. The van der Waals surface area contributed by atoms with E-state index in [1.807, 2.05) is 41.1 Å². The molecule has 28 heavy (non-hydrogen) atoms. The third kappa shape index (κ3) is 3.97. The lowest BCUT2D eigenvalue weighted by Crippen LogP contribution is -2.00. The van der Waals surface area contributed by atoms with Gasteiger partial charge in [0.15, 0.2) is 11.0 Å². The van der Waals surface area contributed by atoms with Crippen LogP contribution in [0.5, 0.6) is 0 Å². The minimum absolute atomic E-state index is 0.265. The predicted octanol–water partition coefficient (Wildman–Crippen LogP) is 6.17. The Morgan fingerprint density at radius 1 is 1.11 bits per heavy atom. The molecule has 0 aliphatic carbocycles. The van der Waals surface area contributed by atoms with Gasteiger partial charge in [-0.2, -0.15) is 0 Å². The van der Waals surface area contributed by atoms with E-state index in [0.717, 1.165) is 39.4 Å². The van der Waals surface area contributed by atoms with Crippen LogP contribution in [0.2, 0.25) is 5.02 Å². The summed E-state index contributed by atoms with van der Waals surface area (Å²) < 4.78 is 15.2. The lowest BCUT2D eigenvalue weighted by molar-refractivity contribution is 0.627. The summed E-state index contributed by atoms with van der Waals surface area (Å²) in [4.78, 5) is 4.70. The predicted molar refractivity (Wildman–Crippen MR) is 113 cm³/mol. The van der Waals surface area contributed by atoms with Crippen molar-refractivity contribution in [2.45, 2.75) is 24.4 Å². The number of aromatic nitrogens is 4. The second-order valence-electron chi connectivity index (χ2n) is 5.97. The van der Waals surface area contributed by atoms with E-state index >= 15 is 0 Å². The molecule has 0 bridgehead atoms. The Kier molecular flexibility index (Phi) is 5.75. The highest BCUT2D eigenvalue weighted by Crippen LogP contribution is 2.32. The normalized spacial score (nSPS) is 11.1. The van der Waals surface area contributed by atoms with Gasteiger partial charge in [-0.1, -0.05) is 41.6 Å². The van der Waals surface area contributed by atoms with Gasteiger partial charge in [0.05, 0.1) is 10.7 Å². The summed E-state index contributed by atoms with van der Waals surface area (Å²) in [5.74, 6) is 1.15. The maximum absolute atomic E-state index is 13.2. The molecule has 0 amide bonds. The number of benzene rings is 2. The fourth-order valence-corrected chi connectivity index (χ4v) is 4.90. The number of thioether (sulfide) groups is 1. The van der Waals surface area contributed by atoms with Crippen molar-refractivity contribution in [2.75, 3.05) is 0 Å². The van der Waals surface area contributed by atoms with Crippen molar-refractivity contribution >= 4 is 34.7 Å². The fraction of sp³-hybridized carbons (Fsp3) is 0.150. The van der Waals surface area contributed by atoms with Crippen LogP contribution in [0.4, 0.5) is 4.39 Å². The Labute approximate surface area is 175 Å². The Morgan fingerprint density at radius 2 is 1.89 bits per heavy atom. The van der Waals surface area contributed by atoms with E-state index in [9.17, 15) is 4.39 Å². The van der Waals surface area contributed by atoms with Crippen molar-refractivity contribution < 1.29 is 4.39 Å². The average molecular weight is 431 g/mol. The van der Waals surface area contributed by atoms with Gasteiger partial charge in [0, 0.05) is 28.8 Å². The lowest BCUT2D eigenvalue weighted by Gasteiger charge is -2.06. The smallest absolute Gasteiger partial charge is 0.191 e. The minimum atomic E-state index is -0.265. The minimum Gasteiger partial charge on any atom is -0.302 e. The molecule has 2 aromatic carbocycles. The standard InChI is InChI=1S/C20H16ClFN4S2/c1-2-26-18(13-7-9-14(22)10-8-13)24-25-20(26)28-12-15-11-27-19(23-15)16-5-3-4-6-17(16)21/h3-11H,2,12H2,1H3. The van der Waals surface area contributed by atoms with Gasteiger partial charge in [0.1, 0.15) is 10.8 Å². The van der Waals surface area contributed by atoms with Crippen LogP contribution in [0.15, 0.2) is 59.1 Å². The van der Waals surface area contributed by atoms with Crippen molar-refractivity contribution in [3.63, 3.8) is 0 Å². The summed E-state index contributed by atoms with van der Waals surface area (Å²) in [5.41, 5.74) is 2.76. The first kappa shape index (κ1) is 19.1. The number of halogens is 2. The summed E-state index contributed by atoms with van der Waals surface area (Å²) in [5, 5.41) is 13.1. The highest BCUT2D eigenvalue weighted by molar-refractivity contribution is 7.98. The van der Waals surface area contributed by atoms with Gasteiger partial charge in [-0.05, 0) is 37.3 Å². The van der Waals surface area contributed by atoms with Crippen LogP contribution in [0.1, 0.15) is 12.6 Å². The van der Waals surface area contributed by atoms with Gasteiger partial charge in [0.25, 0.3) is 0 Å². The molecule has 0 radical (unpaired) electrons. The molecule has 0 unspecified atom stereocenters. The second kappa shape index (κ2) is 8.43. The van der Waals surface area contributed by atoms with E-state index in [1.54, 1.807) is 35.2 Å². The Hall–Kier alpha value is -2.22. The third-order valence-corrected chi connectivity index (χ3v) is 6.39. The number of rotatable bonds is 6. The molecule has 0 spiro atoms. The molecule has 142 valence electrons. The van der Waals surface area contributed by atoms with Gasteiger partial charge in [0.2, 0.25) is 0 Å². The summed E-state index contributed by atoms with van der Waals surface area (Å²) in [6.45, 7) is 2.77. The first-order valence-electron chi connectivity index (χ1n) is 8.67. The number of hydrogen-bond donors (Lipinski definition) is 0. The molecule has 0 fully saturated rings. The summed E-state index contributed by atoms with van der Waals surface area (Å²) in [7, 11) is 0. The molecule has 4 aromatic rings. The highest BCUT2D eigenvalue weighted by atomic mass is 35.5. The molecule has 8 heteroatoms. The SMILES string of the molecule is CCn1c(SCc2csc(-c3ccccc3Cl)n2)nnc1-c1ccc(F)cc1. The fourth-order valence-electron chi connectivity index (χ4n) is 2.76. The van der Waals surface area contributed by atoms with Crippen molar-refractivity contribution in [3.05, 3.63) is 70.4 Å². The first-order chi connectivity index (χ1) is 13.7. The maximum atomic E-state index is 13.2.